The fraction of sp³-hybridized carbons (Fsp3) is 0.531. The zero-order valence-electron chi connectivity index (χ0n) is 26.4. The van der Waals surface area contributed by atoms with Crippen LogP contribution in [0, 0.1) is 0 Å². The second kappa shape index (κ2) is 14.8. The molecule has 3 aromatic rings. The van der Waals surface area contributed by atoms with Gasteiger partial charge < -0.3 is 89.4 Å². The highest BCUT2D eigenvalue weighted by molar-refractivity contribution is 5.88. The summed E-state index contributed by atoms with van der Waals surface area (Å²) in [7, 11) is 0. The summed E-state index contributed by atoms with van der Waals surface area (Å²) in [6.45, 7) is -2.26. The Morgan fingerprint density at radius 3 is 2.02 bits per heavy atom. The second-order valence-electron chi connectivity index (χ2n) is 12.5. The Bertz CT molecular complexity index is 1730. The third-order valence-corrected chi connectivity index (χ3v) is 9.14. The van der Waals surface area contributed by atoms with Gasteiger partial charge in [0, 0.05) is 17.7 Å². The highest BCUT2D eigenvalue weighted by Crippen LogP contribution is 2.47. The molecule has 19 nitrogen and oxygen atoms in total. The number of phenolic OH excluding ortho intramolecular Hbond substituents is 2. The van der Waals surface area contributed by atoms with Gasteiger partial charge in [-0.05, 0) is 24.3 Å². The number of aliphatic hydroxyl groups is 10. The molecule has 1 aromatic heterocycles. The molecule has 4 heterocycles. The Labute approximate surface area is 286 Å². The normalized spacial score (nSPS) is 37.4. The molecule has 0 spiro atoms. The average molecular weight is 727 g/mol. The second-order valence-corrected chi connectivity index (χ2v) is 12.5. The van der Waals surface area contributed by atoms with Crippen molar-refractivity contribution in [2.24, 2.45) is 0 Å². The van der Waals surface area contributed by atoms with Crippen LogP contribution in [0.15, 0.2) is 45.6 Å². The summed E-state index contributed by atoms with van der Waals surface area (Å²) < 4.78 is 34.3. The predicted molar refractivity (Wildman–Crippen MR) is 165 cm³/mol. The Hall–Kier alpha value is -3.51. The molecule has 12 N–H and O–H groups in total. The van der Waals surface area contributed by atoms with Gasteiger partial charge in [-0.2, -0.15) is 0 Å². The van der Waals surface area contributed by atoms with E-state index in [0.717, 1.165) is 12.1 Å². The lowest BCUT2D eigenvalue weighted by atomic mass is 9.89. The molecule has 3 aliphatic heterocycles. The summed E-state index contributed by atoms with van der Waals surface area (Å²) in [5, 5.41) is 125. The molecule has 0 bridgehead atoms. The number of rotatable bonds is 8. The van der Waals surface area contributed by atoms with Crippen LogP contribution in [-0.4, -0.2) is 161 Å². The smallest absolute Gasteiger partial charge is 0.228 e. The molecule has 2 aromatic carbocycles. The van der Waals surface area contributed by atoms with Crippen LogP contribution in [0.1, 0.15) is 11.7 Å². The largest absolute Gasteiger partial charge is 0.508 e. The molecule has 0 radical (unpaired) electrons. The summed E-state index contributed by atoms with van der Waals surface area (Å²) in [5.41, 5.74) is -1.32. The van der Waals surface area contributed by atoms with Crippen LogP contribution >= 0.6 is 0 Å². The van der Waals surface area contributed by atoms with Crippen molar-refractivity contribution in [1.82, 2.24) is 0 Å². The minimum absolute atomic E-state index is 0.0188. The summed E-state index contributed by atoms with van der Waals surface area (Å²) in [6.07, 6.45) is -25.3. The third kappa shape index (κ3) is 6.90. The fourth-order valence-corrected chi connectivity index (χ4v) is 6.25. The number of hydrogen-bond donors (Lipinski definition) is 12. The van der Waals surface area contributed by atoms with E-state index in [1.807, 2.05) is 0 Å². The summed E-state index contributed by atoms with van der Waals surface area (Å²) in [6, 6.07) is 7.67. The quantitative estimate of drug-likeness (QED) is 0.105. The van der Waals surface area contributed by atoms with E-state index in [0.29, 0.717) is 5.56 Å². The van der Waals surface area contributed by atoms with Crippen molar-refractivity contribution >= 4 is 11.0 Å². The van der Waals surface area contributed by atoms with Gasteiger partial charge in [-0.1, -0.05) is 0 Å². The zero-order valence-corrected chi connectivity index (χ0v) is 26.4. The fourth-order valence-electron chi connectivity index (χ4n) is 6.25. The molecule has 3 saturated heterocycles. The van der Waals surface area contributed by atoms with Crippen LogP contribution in [0.25, 0.3) is 22.3 Å². The molecule has 51 heavy (non-hydrogen) atoms. The molecule has 19 heteroatoms. The maximum atomic E-state index is 13.6. The first-order chi connectivity index (χ1) is 24.2. The molecule has 0 aliphatic carbocycles. The van der Waals surface area contributed by atoms with Gasteiger partial charge in [-0.3, -0.25) is 4.79 Å². The minimum atomic E-state index is -2.03. The van der Waals surface area contributed by atoms with Crippen molar-refractivity contribution < 1.29 is 89.4 Å². The molecule has 6 rings (SSSR count). The Kier molecular flexibility index (Phi) is 10.8. The first kappa shape index (κ1) is 37.3. The maximum absolute atomic E-state index is 13.6. The summed E-state index contributed by atoms with van der Waals surface area (Å²) in [5.74, 6) is -1.49. The van der Waals surface area contributed by atoms with Gasteiger partial charge in [0.2, 0.25) is 6.29 Å². The minimum Gasteiger partial charge on any atom is -0.508 e. The van der Waals surface area contributed by atoms with Crippen LogP contribution in [0.2, 0.25) is 0 Å². The van der Waals surface area contributed by atoms with Gasteiger partial charge in [0.05, 0.1) is 25.4 Å². The van der Waals surface area contributed by atoms with E-state index < -0.39 is 134 Å². The highest BCUT2D eigenvalue weighted by atomic mass is 16.7. The first-order valence-electron chi connectivity index (χ1n) is 15.8. The number of benzene rings is 2. The number of hydrogen-bond acceptors (Lipinski definition) is 19. The van der Waals surface area contributed by atoms with Crippen molar-refractivity contribution in [2.75, 3.05) is 19.8 Å². The molecule has 0 saturated carbocycles. The zero-order chi connectivity index (χ0) is 36.9. The van der Waals surface area contributed by atoms with E-state index in [9.17, 15) is 66.1 Å². The molecule has 0 unspecified atom stereocenters. The lowest BCUT2D eigenvalue weighted by Crippen LogP contribution is -2.62. The maximum Gasteiger partial charge on any atom is 0.228 e. The average Bonchev–Trinajstić information content (AvgIpc) is 3.11. The van der Waals surface area contributed by atoms with Crippen molar-refractivity contribution in [3.05, 3.63) is 52.2 Å². The van der Waals surface area contributed by atoms with E-state index in [-0.39, 0.29) is 17.1 Å². The van der Waals surface area contributed by atoms with Crippen LogP contribution < -0.4 is 10.2 Å². The molecule has 14 atom stereocenters. The topological polar surface area (TPSA) is 319 Å². The Morgan fingerprint density at radius 1 is 0.725 bits per heavy atom. The van der Waals surface area contributed by atoms with Gasteiger partial charge in [0.25, 0.3) is 0 Å². The van der Waals surface area contributed by atoms with E-state index in [1.165, 1.54) is 24.3 Å². The SMILES string of the molecule is O=c1cc(-c2ccc(O)cc2)oc2cc(O[C@@H]3OC[C@H](O)[C@H](O)[C@@H]3O)c([C@@H]3O[C@@H](CO)[C@@H](O)[C@H](O)[C@H]3O[C@@H]3O[C@H](CO)[C@@H](O)[C@H](O)[C@H]3O)c(O)c12. The lowest BCUT2D eigenvalue weighted by Gasteiger charge is -2.46. The molecule has 280 valence electrons. The van der Waals surface area contributed by atoms with E-state index in [4.69, 9.17) is 28.1 Å². The van der Waals surface area contributed by atoms with Crippen LogP contribution in [0.5, 0.6) is 17.2 Å². The molecule has 3 fully saturated rings. The van der Waals surface area contributed by atoms with Gasteiger partial charge in [0.1, 0.15) is 107 Å². The van der Waals surface area contributed by atoms with Crippen LogP contribution in [-0.2, 0) is 18.9 Å². The first-order valence-corrected chi connectivity index (χ1v) is 15.8. The van der Waals surface area contributed by atoms with Gasteiger partial charge >= 0.3 is 0 Å². The van der Waals surface area contributed by atoms with Crippen LogP contribution in [0.3, 0.4) is 0 Å². The standard InChI is InChI=1S/C32H38O19/c33-7-17-23(40)26(43)30(51-32-28(45)25(42)22(39)18(8-34)50-32)29(48-17)20-16(49-31-27(44)21(38)13(37)9-46-31)6-15-19(24(20)41)12(36)5-14(47-15)10-1-3-11(35)4-2-10/h1-6,13,17-18,21-23,25-35,37-45H,7-9H2/t13-,17-,18+,21-,22+,23+,25-,26-,27-,28+,29-,30+,31-,32-/m0/s1. The monoisotopic (exact) mass is 726 g/mol. The number of phenols is 2. The molecule has 0 amide bonds. The number of aliphatic hydroxyl groups excluding tert-OH is 10. The number of fused-ring (bicyclic) bond motifs is 1. The molecular formula is C32H38O19. The van der Waals surface area contributed by atoms with E-state index in [1.54, 1.807) is 0 Å². The number of aromatic hydroxyl groups is 2. The van der Waals surface area contributed by atoms with Crippen LogP contribution in [0.4, 0.5) is 0 Å². The lowest BCUT2D eigenvalue weighted by molar-refractivity contribution is -0.342. The molecular weight excluding hydrogens is 688 g/mol. The van der Waals surface area contributed by atoms with Gasteiger partial charge in [0.15, 0.2) is 11.7 Å². The van der Waals surface area contributed by atoms with Crippen molar-refractivity contribution in [2.45, 2.75) is 85.8 Å². The molecule has 3 aliphatic rings. The Morgan fingerprint density at radius 2 is 1.35 bits per heavy atom. The van der Waals surface area contributed by atoms with Gasteiger partial charge in [-0.15, -0.1) is 0 Å². The Balaban J connectivity index is 1.51. The van der Waals surface area contributed by atoms with E-state index in [2.05, 4.69) is 0 Å². The summed E-state index contributed by atoms with van der Waals surface area (Å²) >= 11 is 0. The van der Waals surface area contributed by atoms with Crippen molar-refractivity contribution in [3.8, 4) is 28.6 Å². The van der Waals surface area contributed by atoms with E-state index >= 15 is 0 Å². The predicted octanol–water partition coefficient (Wildman–Crippen LogP) is -3.97. The number of ether oxygens (including phenoxy) is 5. The van der Waals surface area contributed by atoms with Crippen molar-refractivity contribution in [1.29, 1.82) is 0 Å². The summed E-state index contributed by atoms with van der Waals surface area (Å²) in [4.78, 5) is 13.6. The highest BCUT2D eigenvalue weighted by Gasteiger charge is 2.52. The van der Waals surface area contributed by atoms with Gasteiger partial charge in [-0.25, -0.2) is 0 Å². The third-order valence-electron chi connectivity index (χ3n) is 9.14. The van der Waals surface area contributed by atoms with Crippen molar-refractivity contribution in [3.63, 3.8) is 0 Å².